The minimum absolute atomic E-state index is 0.168. The molecule has 0 saturated carbocycles. The molecule has 0 radical (unpaired) electrons. The van der Waals surface area contributed by atoms with Crippen molar-refractivity contribution in [1.82, 2.24) is 4.90 Å². The Bertz CT molecular complexity index is 1030. The summed E-state index contributed by atoms with van der Waals surface area (Å²) < 4.78 is 40.8. The van der Waals surface area contributed by atoms with Crippen molar-refractivity contribution in [3.8, 4) is 0 Å². The number of benzene rings is 3. The monoisotopic (exact) mass is 438 g/mol. The number of nitrogens with zero attached hydrogens (tertiary/aromatic N) is 2. The summed E-state index contributed by atoms with van der Waals surface area (Å²) >= 11 is 0. The van der Waals surface area contributed by atoms with Gasteiger partial charge in [0, 0.05) is 31.4 Å². The summed E-state index contributed by atoms with van der Waals surface area (Å²) in [5.74, 6) is -0.606. The largest absolute Gasteiger partial charge is 0.417 e. The molecule has 1 heterocycles. The average Bonchev–Trinajstić information content (AvgIpc) is 2.81. The average molecular weight is 438 g/mol. The fourth-order valence-corrected chi connectivity index (χ4v) is 4.31. The van der Waals surface area contributed by atoms with E-state index in [0.717, 1.165) is 25.7 Å². The van der Waals surface area contributed by atoms with Crippen LogP contribution in [0.5, 0.6) is 0 Å². The quantitative estimate of drug-likeness (QED) is 0.487. The summed E-state index contributed by atoms with van der Waals surface area (Å²) in [5, 5.41) is 0. The lowest BCUT2D eigenvalue weighted by atomic mass is 9.98. The van der Waals surface area contributed by atoms with Crippen LogP contribution in [0.3, 0.4) is 0 Å². The zero-order valence-electron chi connectivity index (χ0n) is 17.6. The molecule has 1 saturated heterocycles. The number of likely N-dealkylation sites (tertiary alicyclic amines) is 1. The molecule has 3 aromatic carbocycles. The van der Waals surface area contributed by atoms with Gasteiger partial charge in [0.05, 0.1) is 11.1 Å². The molecule has 1 amide bonds. The fraction of sp³-hybridized carbons (Fsp3) is 0.269. The van der Waals surface area contributed by atoms with E-state index in [1.807, 2.05) is 24.3 Å². The van der Waals surface area contributed by atoms with Crippen LogP contribution in [0.25, 0.3) is 0 Å². The number of piperidine rings is 1. The van der Waals surface area contributed by atoms with Crippen LogP contribution in [0.1, 0.15) is 34.3 Å². The Morgan fingerprint density at radius 1 is 0.844 bits per heavy atom. The number of para-hydroxylation sites is 1. The molecule has 0 unspecified atom stereocenters. The van der Waals surface area contributed by atoms with Crippen molar-refractivity contribution >= 4 is 11.6 Å². The van der Waals surface area contributed by atoms with Gasteiger partial charge in [-0.1, -0.05) is 60.7 Å². The van der Waals surface area contributed by atoms with Gasteiger partial charge in [0.2, 0.25) is 0 Å². The first kappa shape index (κ1) is 22.1. The van der Waals surface area contributed by atoms with E-state index < -0.39 is 17.6 Å². The maximum atomic E-state index is 13.6. The molecule has 0 atom stereocenters. The Morgan fingerprint density at radius 2 is 1.41 bits per heavy atom. The Labute approximate surface area is 186 Å². The van der Waals surface area contributed by atoms with E-state index in [9.17, 15) is 18.0 Å². The van der Waals surface area contributed by atoms with Crippen molar-refractivity contribution in [3.05, 3.63) is 102 Å². The van der Waals surface area contributed by atoms with Gasteiger partial charge in [-0.25, -0.2) is 0 Å². The van der Waals surface area contributed by atoms with E-state index in [4.69, 9.17) is 0 Å². The summed E-state index contributed by atoms with van der Waals surface area (Å²) in [6.45, 7) is 2.37. The summed E-state index contributed by atoms with van der Waals surface area (Å²) in [5.41, 5.74) is 0.639. The predicted octanol–water partition coefficient (Wildman–Crippen LogP) is 6.02. The maximum Gasteiger partial charge on any atom is 0.417 e. The van der Waals surface area contributed by atoms with Gasteiger partial charge in [0.1, 0.15) is 0 Å². The van der Waals surface area contributed by atoms with Crippen molar-refractivity contribution in [2.45, 2.75) is 31.6 Å². The molecule has 0 bridgehead atoms. The maximum absolute atomic E-state index is 13.6. The zero-order chi connectivity index (χ0) is 22.6. The van der Waals surface area contributed by atoms with Crippen LogP contribution in [-0.4, -0.2) is 29.9 Å². The number of rotatable bonds is 5. The summed E-state index contributed by atoms with van der Waals surface area (Å²) in [6.07, 6.45) is -3.20. The first-order chi connectivity index (χ1) is 15.4. The lowest BCUT2D eigenvalue weighted by Gasteiger charge is -2.39. The molecule has 1 fully saturated rings. The molecule has 4 rings (SSSR count). The van der Waals surface area contributed by atoms with Crippen LogP contribution in [-0.2, 0) is 12.7 Å². The smallest absolute Gasteiger partial charge is 0.305 e. The number of carbonyl (C=O) groups excluding carboxylic acids is 1. The second-order valence-corrected chi connectivity index (χ2v) is 8.05. The van der Waals surface area contributed by atoms with Crippen molar-refractivity contribution < 1.29 is 18.0 Å². The van der Waals surface area contributed by atoms with Gasteiger partial charge in [-0.3, -0.25) is 9.69 Å². The van der Waals surface area contributed by atoms with Gasteiger partial charge < -0.3 is 4.90 Å². The molecule has 166 valence electrons. The van der Waals surface area contributed by atoms with E-state index in [-0.39, 0.29) is 11.6 Å². The summed E-state index contributed by atoms with van der Waals surface area (Å²) in [6, 6.07) is 24.0. The lowest BCUT2D eigenvalue weighted by Crippen LogP contribution is -2.47. The molecular weight excluding hydrogens is 413 g/mol. The zero-order valence-corrected chi connectivity index (χ0v) is 17.6. The van der Waals surface area contributed by atoms with E-state index in [1.165, 1.54) is 23.8 Å². The third-order valence-electron chi connectivity index (χ3n) is 5.89. The third-order valence-corrected chi connectivity index (χ3v) is 5.89. The Hall–Kier alpha value is -3.12. The van der Waals surface area contributed by atoms with Gasteiger partial charge in [-0.05, 0) is 42.7 Å². The predicted molar refractivity (Wildman–Crippen MR) is 119 cm³/mol. The Kier molecular flexibility index (Phi) is 6.61. The van der Waals surface area contributed by atoms with Gasteiger partial charge >= 0.3 is 6.18 Å². The molecule has 0 aliphatic carbocycles. The van der Waals surface area contributed by atoms with Crippen LogP contribution in [0.2, 0.25) is 0 Å². The van der Waals surface area contributed by atoms with Crippen molar-refractivity contribution in [3.63, 3.8) is 0 Å². The minimum Gasteiger partial charge on any atom is -0.305 e. The number of amides is 1. The van der Waals surface area contributed by atoms with E-state index in [0.29, 0.717) is 18.5 Å². The highest BCUT2D eigenvalue weighted by Gasteiger charge is 2.38. The number of hydrogen-bond donors (Lipinski definition) is 0. The van der Waals surface area contributed by atoms with E-state index in [2.05, 4.69) is 17.0 Å². The van der Waals surface area contributed by atoms with Gasteiger partial charge in [0.25, 0.3) is 5.91 Å². The van der Waals surface area contributed by atoms with Crippen molar-refractivity contribution in [1.29, 1.82) is 0 Å². The van der Waals surface area contributed by atoms with E-state index in [1.54, 1.807) is 29.2 Å². The molecule has 32 heavy (non-hydrogen) atoms. The second-order valence-electron chi connectivity index (χ2n) is 8.05. The highest BCUT2D eigenvalue weighted by atomic mass is 19.4. The number of halogens is 3. The summed E-state index contributed by atoms with van der Waals surface area (Å²) in [4.78, 5) is 17.4. The van der Waals surface area contributed by atoms with Gasteiger partial charge in [-0.15, -0.1) is 0 Å². The van der Waals surface area contributed by atoms with E-state index >= 15 is 0 Å². The number of hydrogen-bond acceptors (Lipinski definition) is 2. The number of carbonyl (C=O) groups is 1. The molecule has 0 spiro atoms. The third kappa shape index (κ3) is 5.02. The van der Waals surface area contributed by atoms with Gasteiger partial charge in [0.15, 0.2) is 0 Å². The molecule has 1 aliphatic heterocycles. The molecule has 0 N–H and O–H groups in total. The molecule has 1 aliphatic rings. The fourth-order valence-electron chi connectivity index (χ4n) is 4.31. The molecule has 3 nitrogen and oxygen atoms in total. The standard InChI is InChI=1S/C26H25F3N2O/c27-26(28,29)24-14-8-7-13-23(24)25(32)31(21-11-5-2-6-12-21)22-15-17-30(18-16-22)19-20-9-3-1-4-10-20/h1-14,22H,15-19H2. The van der Waals surface area contributed by atoms with Crippen LogP contribution >= 0.6 is 0 Å². The molecule has 6 heteroatoms. The van der Waals surface area contributed by atoms with Crippen LogP contribution in [0.4, 0.5) is 18.9 Å². The van der Waals surface area contributed by atoms with Gasteiger partial charge in [-0.2, -0.15) is 13.2 Å². The molecular formula is C26H25F3N2O. The normalized spacial score (nSPS) is 15.5. The minimum atomic E-state index is -4.59. The first-order valence-corrected chi connectivity index (χ1v) is 10.7. The number of anilines is 1. The SMILES string of the molecule is O=C(c1ccccc1C(F)(F)F)N(c1ccccc1)C1CCN(Cc2ccccc2)CC1. The Balaban J connectivity index is 1.57. The molecule has 3 aromatic rings. The highest BCUT2D eigenvalue weighted by Crippen LogP contribution is 2.34. The second kappa shape index (κ2) is 9.57. The summed E-state index contributed by atoms with van der Waals surface area (Å²) in [7, 11) is 0. The van der Waals surface area contributed by atoms with Crippen LogP contribution in [0, 0.1) is 0 Å². The van der Waals surface area contributed by atoms with Crippen molar-refractivity contribution in [2.24, 2.45) is 0 Å². The van der Waals surface area contributed by atoms with Crippen molar-refractivity contribution in [2.75, 3.05) is 18.0 Å². The van der Waals surface area contributed by atoms with Crippen LogP contribution in [0.15, 0.2) is 84.9 Å². The topological polar surface area (TPSA) is 23.6 Å². The lowest BCUT2D eigenvalue weighted by molar-refractivity contribution is -0.137. The first-order valence-electron chi connectivity index (χ1n) is 10.7. The molecule has 0 aromatic heterocycles. The number of alkyl halides is 3. The Morgan fingerprint density at radius 3 is 2.03 bits per heavy atom. The van der Waals surface area contributed by atoms with Crippen LogP contribution < -0.4 is 4.90 Å². The highest BCUT2D eigenvalue weighted by molar-refractivity contribution is 6.07.